The molecule has 3 rings (SSSR count). The van der Waals surface area contributed by atoms with Crippen LogP contribution in [0.2, 0.25) is 0 Å². The Morgan fingerprint density at radius 2 is 1.57 bits per heavy atom. The lowest BCUT2D eigenvalue weighted by Crippen LogP contribution is -2.37. The largest absolute Gasteiger partial charge is 0.508 e. The molecule has 0 radical (unpaired) electrons. The second-order valence-corrected chi connectivity index (χ2v) is 12.8. The third kappa shape index (κ3) is 15.2. The molecular formula is C35H55N4O6S+. The Morgan fingerprint density at radius 1 is 0.913 bits per heavy atom. The van der Waals surface area contributed by atoms with Gasteiger partial charge in [-0.05, 0) is 58.9 Å². The topological polar surface area (TPSA) is 152 Å². The Hall–Kier alpha value is -3.44. The maximum atomic E-state index is 11.0. The highest BCUT2D eigenvalue weighted by atomic mass is 32.2. The van der Waals surface area contributed by atoms with Crippen LogP contribution in [0.25, 0.3) is 0 Å². The SMILES string of the molecule is CCCCCCCCC(CCCCCC)Cc1cc(O)ccc1O.COCC[n+]1cnc(Sc2cc(O)c(NC(C)=O)cc2O)[nH]1. The summed E-state index contributed by atoms with van der Waals surface area (Å²) in [7, 11) is 1.62. The summed E-state index contributed by atoms with van der Waals surface area (Å²) in [5.74, 6) is 0.683. The minimum Gasteiger partial charge on any atom is -0.508 e. The number of unbranched alkanes of at least 4 members (excludes halogenated alkanes) is 8. The van der Waals surface area contributed by atoms with E-state index in [0.717, 1.165) is 23.7 Å². The number of ether oxygens (including phenoxy) is 1. The zero-order valence-corrected chi connectivity index (χ0v) is 28.9. The zero-order chi connectivity index (χ0) is 33.7. The molecule has 0 aliphatic rings. The van der Waals surface area contributed by atoms with E-state index in [4.69, 9.17) is 4.74 Å². The van der Waals surface area contributed by atoms with E-state index in [2.05, 4.69) is 29.2 Å². The number of rotatable bonds is 20. The molecule has 0 spiro atoms. The number of aromatic amines is 1. The first-order chi connectivity index (χ1) is 22.2. The van der Waals surface area contributed by atoms with Gasteiger partial charge in [-0.25, -0.2) is 0 Å². The summed E-state index contributed by atoms with van der Waals surface area (Å²) in [6.45, 7) is 7.00. The Bertz CT molecular complexity index is 1300. The molecule has 0 aliphatic carbocycles. The quantitative estimate of drug-likeness (QED) is 0.0311. The summed E-state index contributed by atoms with van der Waals surface area (Å²) in [6, 6.07) is 7.57. The predicted octanol–water partition coefficient (Wildman–Crippen LogP) is 7.84. The molecule has 1 heterocycles. The molecule has 0 aliphatic heterocycles. The number of methoxy groups -OCH3 is 1. The summed E-state index contributed by atoms with van der Waals surface area (Å²) < 4.78 is 6.71. The number of carbonyl (C=O) groups excluding carboxylic acids is 1. The number of carbonyl (C=O) groups is 1. The van der Waals surface area contributed by atoms with Crippen LogP contribution in [0.3, 0.4) is 0 Å². The first-order valence-electron chi connectivity index (χ1n) is 16.6. The smallest absolute Gasteiger partial charge is 0.315 e. The van der Waals surface area contributed by atoms with Gasteiger partial charge in [-0.3, -0.25) is 4.79 Å². The van der Waals surface area contributed by atoms with Crippen LogP contribution in [0, 0.1) is 5.92 Å². The van der Waals surface area contributed by atoms with Gasteiger partial charge in [-0.1, -0.05) is 90.9 Å². The van der Waals surface area contributed by atoms with E-state index in [1.165, 1.54) is 96.1 Å². The standard InChI is InChI=1S/C22H38O2.C13H16N4O4S/c1-3-5-7-9-10-12-14-19(13-11-8-6-4-2)17-20-18-21(23)15-16-22(20)24;1-8(18)15-9-5-11(20)12(6-10(9)19)22-13-14-7-17(16-13)3-4-21-2/h15-16,18-19,23-24H,3-14,17H2,1-2H3;5-7H,3-4H2,1-2H3,(H3,15,18,19,20)/p+1. The van der Waals surface area contributed by atoms with E-state index >= 15 is 0 Å². The molecule has 6 N–H and O–H groups in total. The number of amides is 1. The third-order valence-corrected chi connectivity index (χ3v) is 8.63. The van der Waals surface area contributed by atoms with Crippen molar-refractivity contribution < 1.29 is 34.6 Å². The van der Waals surface area contributed by atoms with Crippen LogP contribution in [-0.4, -0.2) is 50.1 Å². The van der Waals surface area contributed by atoms with E-state index in [1.807, 2.05) is 0 Å². The molecule has 10 nitrogen and oxygen atoms in total. The summed E-state index contributed by atoms with van der Waals surface area (Å²) >= 11 is 1.16. The number of nitrogens with zero attached hydrogens (tertiary/aromatic N) is 2. The number of phenols is 4. The lowest BCUT2D eigenvalue weighted by atomic mass is 9.88. The second kappa shape index (κ2) is 22.1. The first-order valence-corrected chi connectivity index (χ1v) is 17.4. The highest BCUT2D eigenvalue weighted by Gasteiger charge is 2.16. The van der Waals surface area contributed by atoms with Gasteiger partial charge in [0, 0.05) is 20.1 Å². The van der Waals surface area contributed by atoms with Gasteiger partial charge in [0.1, 0.15) is 29.5 Å². The number of phenolic OH excluding ortho intramolecular Hbond substituents is 4. The molecule has 1 aromatic heterocycles. The lowest BCUT2D eigenvalue weighted by molar-refractivity contribution is -0.754. The van der Waals surface area contributed by atoms with Crippen LogP contribution < -0.4 is 10.00 Å². The van der Waals surface area contributed by atoms with Crippen molar-refractivity contribution in [2.45, 2.75) is 121 Å². The highest BCUT2D eigenvalue weighted by Crippen LogP contribution is 2.39. The van der Waals surface area contributed by atoms with E-state index in [0.29, 0.717) is 34.9 Å². The van der Waals surface area contributed by atoms with Gasteiger partial charge < -0.3 is 30.5 Å². The van der Waals surface area contributed by atoms with Crippen molar-refractivity contribution in [2.75, 3.05) is 19.0 Å². The minimum absolute atomic E-state index is 0.0635. The van der Waals surface area contributed by atoms with Crippen molar-refractivity contribution >= 4 is 23.4 Å². The zero-order valence-electron chi connectivity index (χ0n) is 28.1. The van der Waals surface area contributed by atoms with Crippen molar-refractivity contribution in [1.82, 2.24) is 10.1 Å². The number of hydrogen-bond acceptors (Lipinski definition) is 8. The van der Waals surface area contributed by atoms with Crippen LogP contribution >= 0.6 is 11.8 Å². The molecule has 46 heavy (non-hydrogen) atoms. The van der Waals surface area contributed by atoms with Gasteiger partial charge in [0.25, 0.3) is 0 Å². The molecule has 0 saturated heterocycles. The van der Waals surface area contributed by atoms with Gasteiger partial charge in [-0.2, -0.15) is 9.78 Å². The summed E-state index contributed by atoms with van der Waals surface area (Å²) in [4.78, 5) is 15.6. The Balaban J connectivity index is 0.000000321. The fourth-order valence-corrected chi connectivity index (χ4v) is 5.96. The molecule has 0 bridgehead atoms. The van der Waals surface area contributed by atoms with Crippen LogP contribution in [-0.2, 0) is 22.5 Å². The number of H-pyrrole nitrogens is 1. The summed E-state index contributed by atoms with van der Waals surface area (Å²) in [6.07, 6.45) is 18.2. The molecule has 1 unspecified atom stereocenters. The van der Waals surface area contributed by atoms with Crippen molar-refractivity contribution in [1.29, 1.82) is 0 Å². The monoisotopic (exact) mass is 659 g/mol. The number of aromatic hydroxyl groups is 4. The first kappa shape index (κ1) is 38.7. The average Bonchev–Trinajstić information content (AvgIpc) is 3.47. The van der Waals surface area contributed by atoms with E-state index < -0.39 is 0 Å². The maximum absolute atomic E-state index is 11.0. The van der Waals surface area contributed by atoms with Gasteiger partial charge in [0.15, 0.2) is 0 Å². The molecule has 11 heteroatoms. The molecule has 1 amide bonds. The number of benzene rings is 2. The molecule has 2 aromatic carbocycles. The van der Waals surface area contributed by atoms with Crippen LogP contribution in [0.1, 0.15) is 103 Å². The minimum atomic E-state index is -0.333. The van der Waals surface area contributed by atoms with E-state index in [9.17, 15) is 25.2 Å². The Labute approximate surface area is 278 Å². The predicted molar refractivity (Wildman–Crippen MR) is 183 cm³/mol. The van der Waals surface area contributed by atoms with Crippen LogP contribution in [0.15, 0.2) is 46.7 Å². The van der Waals surface area contributed by atoms with Crippen molar-refractivity contribution in [2.24, 2.45) is 5.92 Å². The number of anilines is 1. The molecule has 256 valence electrons. The van der Waals surface area contributed by atoms with Gasteiger partial charge in [0.2, 0.25) is 5.91 Å². The maximum Gasteiger partial charge on any atom is 0.315 e. The number of hydrogen-bond donors (Lipinski definition) is 6. The highest BCUT2D eigenvalue weighted by molar-refractivity contribution is 7.99. The molecule has 1 atom stereocenters. The second-order valence-electron chi connectivity index (χ2n) is 11.8. The Kier molecular flexibility index (Phi) is 18.7. The van der Waals surface area contributed by atoms with Crippen LogP contribution in [0.4, 0.5) is 5.69 Å². The third-order valence-electron chi connectivity index (χ3n) is 7.69. The number of nitrogens with one attached hydrogen (secondary N) is 2. The number of aromatic nitrogens is 3. The van der Waals surface area contributed by atoms with E-state index in [1.54, 1.807) is 36.3 Å². The molecule has 0 fully saturated rings. The summed E-state index contributed by atoms with van der Waals surface area (Å²) in [5.41, 5.74) is 1.06. The fraction of sp³-hybridized carbons (Fsp3) is 0.571. The van der Waals surface area contributed by atoms with Gasteiger partial charge in [0.05, 0.1) is 17.2 Å². The van der Waals surface area contributed by atoms with Crippen molar-refractivity contribution in [3.8, 4) is 23.0 Å². The normalized spacial score (nSPS) is 11.6. The van der Waals surface area contributed by atoms with E-state index in [-0.39, 0.29) is 28.8 Å². The van der Waals surface area contributed by atoms with Crippen molar-refractivity contribution in [3.63, 3.8) is 0 Å². The summed E-state index contributed by atoms with van der Waals surface area (Å²) in [5, 5.41) is 45.6. The Morgan fingerprint density at radius 3 is 2.22 bits per heavy atom. The average molecular weight is 660 g/mol. The van der Waals surface area contributed by atoms with Crippen molar-refractivity contribution in [3.05, 3.63) is 42.2 Å². The molecule has 0 saturated carbocycles. The fourth-order valence-electron chi connectivity index (χ4n) is 5.16. The lowest BCUT2D eigenvalue weighted by Gasteiger charge is -2.18. The molecular weight excluding hydrogens is 604 g/mol. The van der Waals surface area contributed by atoms with Crippen LogP contribution in [0.5, 0.6) is 23.0 Å². The molecule has 3 aromatic rings. The van der Waals surface area contributed by atoms with Gasteiger partial charge in [-0.15, -0.1) is 0 Å². The van der Waals surface area contributed by atoms with Gasteiger partial charge >= 0.3 is 11.5 Å².